The van der Waals surface area contributed by atoms with Crippen LogP contribution in [0.3, 0.4) is 0 Å². The van der Waals surface area contributed by atoms with Crippen LogP contribution in [0.25, 0.3) is 11.7 Å². The Kier molecular flexibility index (Phi) is 6.82. The van der Waals surface area contributed by atoms with Crippen LogP contribution in [0.5, 0.6) is 0 Å². The second-order valence-electron chi connectivity index (χ2n) is 6.01. The van der Waals surface area contributed by atoms with Crippen molar-refractivity contribution in [2.45, 2.75) is 20.3 Å². The second kappa shape index (κ2) is 9.31. The average Bonchev–Trinajstić information content (AvgIpc) is 2.97. The predicted octanol–water partition coefficient (Wildman–Crippen LogP) is 2.75. The van der Waals surface area contributed by atoms with Crippen molar-refractivity contribution in [2.24, 2.45) is 0 Å². The molecule has 2 aromatic heterocycles. The predicted molar refractivity (Wildman–Crippen MR) is 117 cm³/mol. The molecule has 7 nitrogen and oxygen atoms in total. The molecule has 0 aromatic carbocycles. The minimum atomic E-state index is -0.236. The fraction of sp³-hybridized carbons (Fsp3) is 0.368. The summed E-state index contributed by atoms with van der Waals surface area (Å²) in [5, 5.41) is 3.21. The number of nitrogens with one attached hydrogen (secondary N) is 1. The van der Waals surface area contributed by atoms with Crippen LogP contribution in [0.15, 0.2) is 34.1 Å². The first-order chi connectivity index (χ1) is 13.6. The Bertz CT molecular complexity index is 987. The van der Waals surface area contributed by atoms with Crippen molar-refractivity contribution in [3.63, 3.8) is 0 Å². The molecule has 28 heavy (non-hydrogen) atoms. The molecule has 0 atom stereocenters. The van der Waals surface area contributed by atoms with Gasteiger partial charge in [-0.1, -0.05) is 30.0 Å². The van der Waals surface area contributed by atoms with E-state index in [1.165, 1.54) is 21.1 Å². The van der Waals surface area contributed by atoms with Crippen LogP contribution >= 0.6 is 24.0 Å². The van der Waals surface area contributed by atoms with Crippen molar-refractivity contribution in [2.75, 3.05) is 31.6 Å². The smallest absolute Gasteiger partial charge is 0.267 e. The largest absolute Gasteiger partial charge is 0.382 e. The highest BCUT2D eigenvalue weighted by atomic mass is 32.2. The van der Waals surface area contributed by atoms with E-state index < -0.39 is 0 Å². The molecule has 148 valence electrons. The van der Waals surface area contributed by atoms with Crippen LogP contribution in [-0.4, -0.2) is 50.8 Å². The number of amides is 1. The highest BCUT2D eigenvalue weighted by Gasteiger charge is 2.31. The van der Waals surface area contributed by atoms with Crippen molar-refractivity contribution in [1.82, 2.24) is 14.3 Å². The summed E-state index contributed by atoms with van der Waals surface area (Å²) in [6, 6.07) is 5.37. The molecule has 1 aliphatic heterocycles. The molecule has 1 saturated heterocycles. The summed E-state index contributed by atoms with van der Waals surface area (Å²) in [6.07, 6.45) is 4.04. The lowest BCUT2D eigenvalue weighted by Crippen LogP contribution is -2.27. The van der Waals surface area contributed by atoms with Crippen LogP contribution in [0.1, 0.15) is 25.8 Å². The van der Waals surface area contributed by atoms with Crippen LogP contribution in [0.2, 0.25) is 0 Å². The fourth-order valence-electron chi connectivity index (χ4n) is 2.80. The van der Waals surface area contributed by atoms with Gasteiger partial charge in [-0.15, -0.1) is 0 Å². The maximum atomic E-state index is 13.1. The lowest BCUT2D eigenvalue weighted by molar-refractivity contribution is -0.121. The summed E-state index contributed by atoms with van der Waals surface area (Å²) in [5.41, 5.74) is 0.648. The van der Waals surface area contributed by atoms with E-state index in [1.807, 2.05) is 19.9 Å². The summed E-state index contributed by atoms with van der Waals surface area (Å²) in [6.45, 7) is 6.21. The van der Waals surface area contributed by atoms with Crippen LogP contribution in [0.4, 0.5) is 5.82 Å². The summed E-state index contributed by atoms with van der Waals surface area (Å²) in [7, 11) is 0. The molecule has 3 rings (SSSR count). The Morgan fingerprint density at radius 1 is 1.32 bits per heavy atom. The summed E-state index contributed by atoms with van der Waals surface area (Å²) < 4.78 is 7.32. The van der Waals surface area contributed by atoms with E-state index in [0.29, 0.717) is 52.6 Å². The molecule has 0 saturated carbocycles. The van der Waals surface area contributed by atoms with Gasteiger partial charge in [0, 0.05) is 32.5 Å². The molecule has 0 unspecified atom stereocenters. The van der Waals surface area contributed by atoms with Crippen LogP contribution in [0, 0.1) is 0 Å². The fourth-order valence-corrected chi connectivity index (χ4v) is 4.16. The molecular weight excluding hydrogens is 396 g/mol. The molecule has 3 heterocycles. The summed E-state index contributed by atoms with van der Waals surface area (Å²) >= 11 is 6.47. The molecule has 1 aliphatic rings. The first-order valence-electron chi connectivity index (χ1n) is 9.15. The van der Waals surface area contributed by atoms with E-state index >= 15 is 0 Å². The van der Waals surface area contributed by atoms with E-state index in [9.17, 15) is 9.59 Å². The number of hydrogen-bond acceptors (Lipinski definition) is 7. The van der Waals surface area contributed by atoms with E-state index in [-0.39, 0.29) is 11.5 Å². The first-order valence-corrected chi connectivity index (χ1v) is 10.4. The lowest BCUT2D eigenvalue weighted by atomic mass is 10.2. The van der Waals surface area contributed by atoms with Crippen molar-refractivity contribution < 1.29 is 9.53 Å². The Morgan fingerprint density at radius 3 is 2.86 bits per heavy atom. The number of anilines is 1. The third kappa shape index (κ3) is 4.26. The van der Waals surface area contributed by atoms with E-state index in [0.717, 1.165) is 6.42 Å². The van der Waals surface area contributed by atoms with E-state index in [4.69, 9.17) is 17.0 Å². The van der Waals surface area contributed by atoms with Gasteiger partial charge in [-0.05, 0) is 38.5 Å². The van der Waals surface area contributed by atoms with E-state index in [2.05, 4.69) is 10.3 Å². The van der Waals surface area contributed by atoms with Gasteiger partial charge in [-0.3, -0.25) is 18.9 Å². The highest BCUT2D eigenvalue weighted by Crippen LogP contribution is 2.32. The number of rotatable bonds is 8. The van der Waals surface area contributed by atoms with Gasteiger partial charge in [0.25, 0.3) is 11.5 Å². The number of carbonyl (C=O) groups excluding carboxylic acids is 1. The highest BCUT2D eigenvalue weighted by molar-refractivity contribution is 8.26. The number of likely N-dealkylation sites (N-methyl/N-ethyl adjacent to an activating group) is 1. The number of aromatic nitrogens is 2. The SMILES string of the molecule is CCOCCCNc1nc2ccccn2c(=O)c1/C=C1/SC(=S)N(CC)C1=O. The number of pyridine rings is 1. The normalized spacial score (nSPS) is 15.8. The van der Waals surface area contributed by atoms with Gasteiger partial charge < -0.3 is 10.1 Å². The quantitative estimate of drug-likeness (QED) is 0.401. The Balaban J connectivity index is 1.99. The standard InChI is InChI=1S/C19H22N4O3S2/c1-3-22-18(25)14(28-19(22)27)12-13-16(20-9-7-11-26-4-2)21-15-8-5-6-10-23(15)17(13)24/h5-6,8,10,12,20H,3-4,7,9,11H2,1-2H3/b14-12+. The number of hydrogen-bond donors (Lipinski definition) is 1. The number of carbonyl (C=O) groups is 1. The third-order valence-electron chi connectivity index (χ3n) is 4.20. The number of ether oxygens (including phenoxy) is 1. The molecule has 1 fully saturated rings. The zero-order valence-electron chi connectivity index (χ0n) is 15.8. The molecule has 0 aliphatic carbocycles. The zero-order valence-corrected chi connectivity index (χ0v) is 17.4. The Labute approximate surface area is 172 Å². The molecule has 1 amide bonds. The van der Waals surface area contributed by atoms with Gasteiger partial charge in [0.05, 0.1) is 10.5 Å². The number of thiocarbonyl (C=S) groups is 1. The molecule has 0 radical (unpaired) electrons. The topological polar surface area (TPSA) is 75.9 Å². The molecular formula is C19H22N4O3S2. The molecule has 0 bridgehead atoms. The van der Waals surface area contributed by atoms with Gasteiger partial charge in [-0.2, -0.15) is 0 Å². The molecule has 1 N–H and O–H groups in total. The second-order valence-corrected chi connectivity index (χ2v) is 7.69. The first kappa shape index (κ1) is 20.5. The Hall–Kier alpha value is -2.23. The number of thioether (sulfide) groups is 1. The van der Waals surface area contributed by atoms with Crippen LogP contribution < -0.4 is 10.9 Å². The van der Waals surface area contributed by atoms with E-state index in [1.54, 1.807) is 24.4 Å². The lowest BCUT2D eigenvalue weighted by Gasteiger charge is -2.11. The van der Waals surface area contributed by atoms with Gasteiger partial charge in [-0.25, -0.2) is 4.98 Å². The third-order valence-corrected chi connectivity index (χ3v) is 5.57. The monoisotopic (exact) mass is 418 g/mol. The van der Waals surface area contributed by atoms with Crippen molar-refractivity contribution in [1.29, 1.82) is 0 Å². The van der Waals surface area contributed by atoms with Crippen LogP contribution in [-0.2, 0) is 9.53 Å². The summed E-state index contributed by atoms with van der Waals surface area (Å²) in [4.78, 5) is 32.1. The van der Waals surface area contributed by atoms with Gasteiger partial charge in [0.1, 0.15) is 15.8 Å². The van der Waals surface area contributed by atoms with Crippen molar-refractivity contribution in [3.05, 3.63) is 45.2 Å². The zero-order chi connectivity index (χ0) is 20.1. The minimum Gasteiger partial charge on any atom is -0.382 e. The minimum absolute atomic E-state index is 0.183. The average molecular weight is 419 g/mol. The maximum Gasteiger partial charge on any atom is 0.267 e. The summed E-state index contributed by atoms with van der Waals surface area (Å²) in [5.74, 6) is 0.270. The molecule has 0 spiro atoms. The van der Waals surface area contributed by atoms with Gasteiger partial charge >= 0.3 is 0 Å². The van der Waals surface area contributed by atoms with Gasteiger partial charge in [0.15, 0.2) is 0 Å². The van der Waals surface area contributed by atoms with Crippen molar-refractivity contribution in [3.8, 4) is 0 Å². The maximum absolute atomic E-state index is 13.1. The number of fused-ring (bicyclic) bond motifs is 1. The van der Waals surface area contributed by atoms with Crippen molar-refractivity contribution >= 4 is 51.7 Å². The van der Waals surface area contributed by atoms with Gasteiger partial charge in [0.2, 0.25) is 0 Å². The molecule has 2 aromatic rings. The molecule has 9 heteroatoms. The number of nitrogens with zero attached hydrogens (tertiary/aromatic N) is 3. The Morgan fingerprint density at radius 2 is 2.14 bits per heavy atom.